The number of hydrogen-bond acceptors (Lipinski definition) is 7. The van der Waals surface area contributed by atoms with E-state index in [-0.39, 0.29) is 11.1 Å². The molecule has 1 unspecified atom stereocenters. The van der Waals surface area contributed by atoms with E-state index in [1.165, 1.54) is 25.0 Å². The Hall–Kier alpha value is -2.94. The highest BCUT2D eigenvalue weighted by atomic mass is 35.5. The van der Waals surface area contributed by atoms with Crippen LogP contribution in [0.25, 0.3) is 0 Å². The van der Waals surface area contributed by atoms with Crippen molar-refractivity contribution >= 4 is 17.3 Å². The Labute approximate surface area is 203 Å². The van der Waals surface area contributed by atoms with Gasteiger partial charge in [-0.05, 0) is 56.6 Å². The fraction of sp³-hybridized carbons (Fsp3) is 0.500. The van der Waals surface area contributed by atoms with Crippen molar-refractivity contribution in [2.75, 3.05) is 25.1 Å². The molecule has 8 nitrogen and oxygen atoms in total. The molecule has 1 aromatic carbocycles. The Morgan fingerprint density at radius 3 is 2.59 bits per heavy atom. The first-order valence-corrected chi connectivity index (χ1v) is 12.0. The van der Waals surface area contributed by atoms with Crippen LogP contribution in [0.2, 0.25) is 5.02 Å². The number of methoxy groups -OCH3 is 1. The highest BCUT2D eigenvalue weighted by Gasteiger charge is 2.42. The Kier molecular flexibility index (Phi) is 6.29. The summed E-state index contributed by atoms with van der Waals surface area (Å²) in [6.45, 7) is 5.96. The predicted molar refractivity (Wildman–Crippen MR) is 126 cm³/mol. The predicted octanol–water partition coefficient (Wildman–Crippen LogP) is 4.95. The minimum Gasteiger partial charge on any atom is -0.480 e. The number of benzene rings is 1. The fourth-order valence-electron chi connectivity index (χ4n) is 5.24. The van der Waals surface area contributed by atoms with Crippen LogP contribution in [0.15, 0.2) is 30.5 Å². The molecule has 3 atom stereocenters. The number of ether oxygens (including phenoxy) is 2. The van der Waals surface area contributed by atoms with Gasteiger partial charge in [0.05, 0.1) is 25.0 Å². The van der Waals surface area contributed by atoms with Gasteiger partial charge in [0.1, 0.15) is 11.6 Å². The van der Waals surface area contributed by atoms with Crippen molar-refractivity contribution in [3.05, 3.63) is 47.1 Å². The maximum Gasteiger partial charge on any atom is 0.320 e. The summed E-state index contributed by atoms with van der Waals surface area (Å²) in [4.78, 5) is 7.08. The monoisotopic (exact) mass is 486 g/mol. The van der Waals surface area contributed by atoms with E-state index in [1.54, 1.807) is 24.1 Å². The Morgan fingerprint density at radius 1 is 1.15 bits per heavy atom. The van der Waals surface area contributed by atoms with Gasteiger partial charge in [0.15, 0.2) is 5.82 Å². The van der Waals surface area contributed by atoms with E-state index >= 15 is 0 Å². The highest BCUT2D eigenvalue weighted by Crippen LogP contribution is 2.44. The quantitative estimate of drug-likeness (QED) is 0.467. The van der Waals surface area contributed by atoms with Gasteiger partial charge in [-0.2, -0.15) is 15.2 Å². The molecule has 180 valence electrons. The highest BCUT2D eigenvalue weighted by molar-refractivity contribution is 6.30. The van der Waals surface area contributed by atoms with Crippen LogP contribution in [-0.2, 0) is 6.42 Å². The first-order chi connectivity index (χ1) is 16.4. The minimum absolute atomic E-state index is 0.0491. The van der Waals surface area contributed by atoms with E-state index in [4.69, 9.17) is 31.2 Å². The van der Waals surface area contributed by atoms with Gasteiger partial charge < -0.3 is 14.4 Å². The van der Waals surface area contributed by atoms with Gasteiger partial charge >= 0.3 is 6.01 Å². The van der Waals surface area contributed by atoms with Gasteiger partial charge in [-0.15, -0.1) is 5.10 Å². The van der Waals surface area contributed by atoms with E-state index in [1.807, 2.05) is 19.9 Å². The number of anilines is 1. The molecular weight excluding hydrogens is 459 g/mol. The number of hydrogen-bond donors (Lipinski definition) is 0. The standard InChI is InChI=1S/C24H28ClFN6O2/c1-14(2)32-24(34-20-7-17(25)6-18(26)8-20)28-22(30-32)10-21-15-4-5-16(21)13-31(12-15)19-9-23(33-3)29-27-11-19/h6-9,11,14-16,21H,4-5,10,12-13H2,1-3H3/t15-,16+,21?. The van der Waals surface area contributed by atoms with Crippen molar-refractivity contribution in [3.63, 3.8) is 0 Å². The Bertz CT molecular complexity index is 1140. The van der Waals surface area contributed by atoms with Crippen LogP contribution in [0.4, 0.5) is 10.1 Å². The van der Waals surface area contributed by atoms with Crippen LogP contribution < -0.4 is 14.4 Å². The van der Waals surface area contributed by atoms with Crippen LogP contribution in [0.1, 0.15) is 38.6 Å². The van der Waals surface area contributed by atoms with Crippen LogP contribution >= 0.6 is 11.6 Å². The average Bonchev–Trinajstić information content (AvgIpc) is 3.29. The summed E-state index contributed by atoms with van der Waals surface area (Å²) < 4.78 is 26.7. The van der Waals surface area contributed by atoms with Crippen LogP contribution in [0.3, 0.4) is 0 Å². The van der Waals surface area contributed by atoms with Crippen LogP contribution in [-0.4, -0.2) is 45.2 Å². The second-order valence-electron chi connectivity index (χ2n) is 9.38. The second-order valence-corrected chi connectivity index (χ2v) is 9.82. The van der Waals surface area contributed by atoms with Gasteiger partial charge in [0, 0.05) is 36.7 Å². The lowest BCUT2D eigenvalue weighted by Gasteiger charge is -2.38. The zero-order chi connectivity index (χ0) is 23.8. The van der Waals surface area contributed by atoms with Crippen LogP contribution in [0, 0.1) is 23.6 Å². The van der Waals surface area contributed by atoms with Crippen molar-refractivity contribution < 1.29 is 13.9 Å². The zero-order valence-electron chi connectivity index (χ0n) is 19.5. The Morgan fingerprint density at radius 2 is 1.91 bits per heavy atom. The van der Waals surface area contributed by atoms with E-state index < -0.39 is 5.82 Å². The number of aromatic nitrogens is 5. The molecule has 10 heteroatoms. The number of nitrogens with zero attached hydrogens (tertiary/aromatic N) is 6. The van der Waals surface area contributed by atoms with Gasteiger partial charge in [-0.3, -0.25) is 0 Å². The third kappa shape index (κ3) is 4.66. The van der Waals surface area contributed by atoms with E-state index in [2.05, 4.69) is 15.1 Å². The summed E-state index contributed by atoms with van der Waals surface area (Å²) in [6.07, 6.45) is 4.98. The second kappa shape index (κ2) is 9.37. The summed E-state index contributed by atoms with van der Waals surface area (Å²) >= 11 is 5.98. The molecule has 1 aliphatic carbocycles. The summed E-state index contributed by atoms with van der Waals surface area (Å²) in [6, 6.07) is 6.46. The summed E-state index contributed by atoms with van der Waals surface area (Å²) in [5.41, 5.74) is 1.05. The van der Waals surface area contributed by atoms with Crippen LogP contribution in [0.5, 0.6) is 17.6 Å². The fourth-order valence-corrected chi connectivity index (χ4v) is 5.45. The van der Waals surface area contributed by atoms with E-state index in [0.717, 1.165) is 31.0 Å². The van der Waals surface area contributed by atoms with Crippen molar-refractivity contribution in [2.45, 2.75) is 39.2 Å². The third-order valence-electron chi connectivity index (χ3n) is 6.82. The Balaban J connectivity index is 1.32. The third-order valence-corrected chi connectivity index (χ3v) is 7.04. The molecule has 1 aliphatic heterocycles. The molecule has 0 spiro atoms. The normalized spacial score (nSPS) is 21.8. The molecule has 0 amide bonds. The topological polar surface area (TPSA) is 78.2 Å². The zero-order valence-corrected chi connectivity index (χ0v) is 20.2. The number of piperidine rings is 1. The molecule has 2 bridgehead atoms. The van der Waals surface area contributed by atoms with Crippen molar-refractivity contribution in [2.24, 2.45) is 17.8 Å². The smallest absolute Gasteiger partial charge is 0.320 e. The molecule has 2 aromatic heterocycles. The van der Waals surface area contributed by atoms with Crippen molar-refractivity contribution in [3.8, 4) is 17.6 Å². The molecule has 3 aromatic rings. The molecule has 34 heavy (non-hydrogen) atoms. The minimum atomic E-state index is -0.455. The van der Waals surface area contributed by atoms with Gasteiger partial charge in [-0.25, -0.2) is 9.07 Å². The van der Waals surface area contributed by atoms with E-state index in [0.29, 0.717) is 35.4 Å². The molecule has 0 radical (unpaired) electrons. The molecule has 5 rings (SSSR count). The molecular formula is C24H28ClFN6O2. The molecule has 0 N–H and O–H groups in total. The number of halogens is 2. The number of rotatable bonds is 7. The largest absolute Gasteiger partial charge is 0.480 e. The molecule has 3 heterocycles. The SMILES string of the molecule is COc1cc(N2C[C@H]3CC[C@@H](C2)C3Cc2nc(Oc3cc(F)cc(Cl)c3)n(C(C)C)n2)cnn1. The lowest BCUT2D eigenvalue weighted by atomic mass is 9.82. The lowest BCUT2D eigenvalue weighted by Crippen LogP contribution is -2.42. The van der Waals surface area contributed by atoms with Crippen molar-refractivity contribution in [1.82, 2.24) is 25.0 Å². The van der Waals surface area contributed by atoms with Gasteiger partial charge in [0.25, 0.3) is 0 Å². The molecule has 2 fully saturated rings. The summed E-state index contributed by atoms with van der Waals surface area (Å²) in [7, 11) is 1.61. The summed E-state index contributed by atoms with van der Waals surface area (Å²) in [5.74, 6) is 2.75. The maximum absolute atomic E-state index is 13.8. The first-order valence-electron chi connectivity index (χ1n) is 11.6. The first kappa shape index (κ1) is 22.8. The maximum atomic E-state index is 13.8. The molecule has 1 saturated carbocycles. The number of fused-ring (bicyclic) bond motifs is 2. The lowest BCUT2D eigenvalue weighted by molar-refractivity contribution is 0.265. The summed E-state index contributed by atoms with van der Waals surface area (Å²) in [5, 5.41) is 13.1. The van der Waals surface area contributed by atoms with Gasteiger partial charge in [0.2, 0.25) is 5.88 Å². The van der Waals surface area contributed by atoms with Gasteiger partial charge in [-0.1, -0.05) is 11.6 Å². The van der Waals surface area contributed by atoms with E-state index in [9.17, 15) is 4.39 Å². The molecule has 2 aliphatic rings. The van der Waals surface area contributed by atoms with Crippen molar-refractivity contribution in [1.29, 1.82) is 0 Å². The average molecular weight is 487 g/mol. The molecule has 1 saturated heterocycles.